The molecular formula is C18H24N2O3S2. The van der Waals surface area contributed by atoms with E-state index in [0.29, 0.717) is 11.6 Å². The van der Waals surface area contributed by atoms with E-state index < -0.39 is 9.84 Å². The number of aliphatic imine (C=N–C) groups is 1. The zero-order valence-corrected chi connectivity index (χ0v) is 16.5. The van der Waals surface area contributed by atoms with Gasteiger partial charge in [0, 0.05) is 17.4 Å². The molecule has 0 N–H and O–H groups in total. The third-order valence-corrected chi connectivity index (χ3v) is 8.01. The fourth-order valence-electron chi connectivity index (χ4n) is 3.23. The molecule has 3 rings (SSSR count). The fourth-order valence-corrected chi connectivity index (χ4v) is 7.16. The van der Waals surface area contributed by atoms with Crippen molar-refractivity contribution in [2.75, 3.05) is 16.4 Å². The topological polar surface area (TPSA) is 66.8 Å². The number of carbonyl (C=O) groups is 1. The van der Waals surface area contributed by atoms with Crippen LogP contribution in [0.4, 0.5) is 5.69 Å². The second-order valence-corrected chi connectivity index (χ2v) is 10.2. The Balaban J connectivity index is 1.96. The van der Waals surface area contributed by atoms with Crippen molar-refractivity contribution in [2.45, 2.75) is 51.3 Å². The lowest BCUT2D eigenvalue weighted by atomic mass is 10.1. The van der Waals surface area contributed by atoms with Gasteiger partial charge in [0.05, 0.1) is 17.5 Å². The molecule has 136 valence electrons. The average molecular weight is 381 g/mol. The highest BCUT2D eigenvalue weighted by Crippen LogP contribution is 2.41. The Morgan fingerprint density at radius 2 is 2.04 bits per heavy atom. The van der Waals surface area contributed by atoms with Crippen molar-refractivity contribution >= 4 is 38.4 Å². The van der Waals surface area contributed by atoms with Gasteiger partial charge in [-0.05, 0) is 43.5 Å². The minimum atomic E-state index is -3.03. The fraction of sp³-hybridized carbons (Fsp3) is 0.556. The van der Waals surface area contributed by atoms with Crippen LogP contribution in [-0.4, -0.2) is 42.3 Å². The lowest BCUT2D eigenvalue weighted by molar-refractivity contribution is -0.117. The maximum atomic E-state index is 12.2. The van der Waals surface area contributed by atoms with Gasteiger partial charge in [0.15, 0.2) is 15.0 Å². The highest BCUT2D eigenvalue weighted by molar-refractivity contribution is 8.16. The number of carbonyl (C=O) groups excluding carboxylic acids is 1. The molecule has 2 saturated heterocycles. The average Bonchev–Trinajstić information content (AvgIpc) is 2.99. The van der Waals surface area contributed by atoms with Gasteiger partial charge >= 0.3 is 0 Å². The number of amides is 1. The number of aryl methyl sites for hydroxylation is 2. The largest absolute Gasteiger partial charge is 0.316 e. The summed E-state index contributed by atoms with van der Waals surface area (Å²) in [6.07, 6.45) is 2.22. The summed E-state index contributed by atoms with van der Waals surface area (Å²) in [5.41, 5.74) is 3.24. The third-order valence-electron chi connectivity index (χ3n) is 4.80. The third kappa shape index (κ3) is 3.92. The van der Waals surface area contributed by atoms with Gasteiger partial charge in [-0.1, -0.05) is 31.2 Å². The SMILES string of the molecule is CCCCC(=O)N=C1S[C@H]2CS(=O)(=O)C[C@H]2N1c1ccc(C)c(C)c1. The van der Waals surface area contributed by atoms with E-state index in [2.05, 4.69) is 11.1 Å². The van der Waals surface area contributed by atoms with Gasteiger partial charge in [0.2, 0.25) is 5.91 Å². The summed E-state index contributed by atoms with van der Waals surface area (Å²) in [6, 6.07) is 5.93. The number of fused-ring (bicyclic) bond motifs is 1. The second-order valence-electron chi connectivity index (χ2n) is 6.83. The first-order valence-electron chi connectivity index (χ1n) is 8.66. The predicted octanol–water partition coefficient (Wildman–Crippen LogP) is 3.10. The number of anilines is 1. The molecule has 1 amide bonds. The zero-order chi connectivity index (χ0) is 18.2. The van der Waals surface area contributed by atoms with E-state index in [1.807, 2.05) is 37.8 Å². The van der Waals surface area contributed by atoms with Gasteiger partial charge in [-0.3, -0.25) is 4.79 Å². The van der Waals surface area contributed by atoms with E-state index >= 15 is 0 Å². The van der Waals surface area contributed by atoms with Gasteiger partial charge in [0.1, 0.15) is 0 Å². The van der Waals surface area contributed by atoms with Crippen LogP contribution in [0.5, 0.6) is 0 Å². The Morgan fingerprint density at radius 1 is 1.28 bits per heavy atom. The summed E-state index contributed by atoms with van der Waals surface area (Å²) in [4.78, 5) is 18.5. The number of nitrogens with zero attached hydrogens (tertiary/aromatic N) is 2. The molecule has 0 bridgehead atoms. The Labute approximate surface area is 153 Å². The number of sulfone groups is 1. The second kappa shape index (κ2) is 7.11. The van der Waals surface area contributed by atoms with Crippen LogP contribution in [0, 0.1) is 13.8 Å². The number of benzene rings is 1. The van der Waals surface area contributed by atoms with Crippen LogP contribution in [0.25, 0.3) is 0 Å². The Morgan fingerprint density at radius 3 is 2.72 bits per heavy atom. The first kappa shape index (κ1) is 18.5. The van der Waals surface area contributed by atoms with Crippen molar-refractivity contribution in [2.24, 2.45) is 4.99 Å². The molecule has 0 unspecified atom stereocenters. The van der Waals surface area contributed by atoms with Crippen molar-refractivity contribution in [1.29, 1.82) is 0 Å². The van der Waals surface area contributed by atoms with Crippen molar-refractivity contribution in [3.63, 3.8) is 0 Å². The summed E-state index contributed by atoms with van der Waals surface area (Å²) in [5.74, 6) is 0.159. The van der Waals surface area contributed by atoms with E-state index in [9.17, 15) is 13.2 Å². The minimum Gasteiger partial charge on any atom is -0.316 e. The van der Waals surface area contributed by atoms with E-state index in [1.165, 1.54) is 17.3 Å². The quantitative estimate of drug-likeness (QED) is 0.803. The van der Waals surface area contributed by atoms with Crippen LogP contribution in [0.15, 0.2) is 23.2 Å². The molecule has 2 aliphatic rings. The molecule has 1 aromatic carbocycles. The maximum absolute atomic E-state index is 12.2. The normalized spacial score (nSPS) is 26.2. The number of rotatable bonds is 4. The molecule has 7 heteroatoms. The first-order valence-corrected chi connectivity index (χ1v) is 11.4. The van der Waals surface area contributed by atoms with Crippen molar-refractivity contribution in [3.8, 4) is 0 Å². The molecule has 0 saturated carbocycles. The molecule has 2 aliphatic heterocycles. The molecule has 5 nitrogen and oxygen atoms in total. The van der Waals surface area contributed by atoms with E-state index in [-0.39, 0.29) is 28.7 Å². The molecule has 0 radical (unpaired) electrons. The molecule has 2 atom stereocenters. The number of hydrogen-bond acceptors (Lipinski definition) is 4. The standard InChI is InChI=1S/C18H24N2O3S2/c1-4-5-6-17(21)19-18-20(14-8-7-12(2)13(3)9-14)15-10-25(22,23)11-16(15)24-18/h7-9,15-16H,4-6,10-11H2,1-3H3/t15-,16+/m1/s1. The Kier molecular flexibility index (Phi) is 5.25. The van der Waals surface area contributed by atoms with Crippen LogP contribution in [0.1, 0.15) is 37.3 Å². The summed E-state index contributed by atoms with van der Waals surface area (Å²) < 4.78 is 24.1. The smallest absolute Gasteiger partial charge is 0.248 e. The zero-order valence-electron chi connectivity index (χ0n) is 14.9. The molecule has 2 heterocycles. The van der Waals surface area contributed by atoms with Gasteiger partial charge in [-0.2, -0.15) is 4.99 Å². The summed E-state index contributed by atoms with van der Waals surface area (Å²) >= 11 is 1.43. The van der Waals surface area contributed by atoms with Crippen molar-refractivity contribution in [1.82, 2.24) is 0 Å². The Bertz CT molecular complexity index is 818. The molecule has 1 aromatic rings. The number of hydrogen-bond donors (Lipinski definition) is 0. The lowest BCUT2D eigenvalue weighted by Crippen LogP contribution is -2.37. The monoisotopic (exact) mass is 380 g/mol. The Hall–Kier alpha value is -1.34. The van der Waals surface area contributed by atoms with E-state index in [4.69, 9.17) is 0 Å². The first-order chi connectivity index (χ1) is 11.8. The summed E-state index contributed by atoms with van der Waals surface area (Å²) in [6.45, 7) is 6.12. The van der Waals surface area contributed by atoms with E-state index in [0.717, 1.165) is 24.1 Å². The van der Waals surface area contributed by atoms with Crippen LogP contribution in [0.2, 0.25) is 0 Å². The molecule has 25 heavy (non-hydrogen) atoms. The molecule has 2 fully saturated rings. The van der Waals surface area contributed by atoms with Crippen LogP contribution in [-0.2, 0) is 14.6 Å². The molecule has 0 aliphatic carbocycles. The van der Waals surface area contributed by atoms with Crippen LogP contribution >= 0.6 is 11.8 Å². The van der Waals surface area contributed by atoms with Crippen molar-refractivity contribution in [3.05, 3.63) is 29.3 Å². The molecule has 0 aromatic heterocycles. The number of thioether (sulfide) groups is 1. The predicted molar refractivity (Wildman–Crippen MR) is 104 cm³/mol. The van der Waals surface area contributed by atoms with Gasteiger partial charge in [0.25, 0.3) is 0 Å². The highest BCUT2D eigenvalue weighted by Gasteiger charge is 2.49. The minimum absolute atomic E-state index is 0.0515. The highest BCUT2D eigenvalue weighted by atomic mass is 32.2. The number of unbranched alkanes of at least 4 members (excludes halogenated alkanes) is 1. The molecule has 0 spiro atoms. The number of amidine groups is 1. The summed E-state index contributed by atoms with van der Waals surface area (Å²) in [7, 11) is -3.03. The van der Waals surface area contributed by atoms with E-state index in [1.54, 1.807) is 0 Å². The van der Waals surface area contributed by atoms with Gasteiger partial charge in [-0.15, -0.1) is 0 Å². The van der Waals surface area contributed by atoms with Crippen molar-refractivity contribution < 1.29 is 13.2 Å². The van der Waals surface area contributed by atoms with Crippen LogP contribution < -0.4 is 4.90 Å². The van der Waals surface area contributed by atoms with Gasteiger partial charge in [-0.25, -0.2) is 8.42 Å². The van der Waals surface area contributed by atoms with Gasteiger partial charge < -0.3 is 4.90 Å². The lowest BCUT2D eigenvalue weighted by Gasteiger charge is -2.25. The molecular weight excluding hydrogens is 356 g/mol. The van der Waals surface area contributed by atoms with Crippen LogP contribution in [0.3, 0.4) is 0 Å². The maximum Gasteiger partial charge on any atom is 0.248 e. The summed E-state index contributed by atoms with van der Waals surface area (Å²) in [5, 5.41) is 0.596.